The van der Waals surface area contributed by atoms with Crippen LogP contribution in [0.25, 0.3) is 0 Å². The predicted octanol–water partition coefficient (Wildman–Crippen LogP) is 2.91. The summed E-state index contributed by atoms with van der Waals surface area (Å²) in [5, 5.41) is 5.91. The van der Waals surface area contributed by atoms with Crippen molar-refractivity contribution in [3.63, 3.8) is 0 Å². The van der Waals surface area contributed by atoms with Crippen molar-refractivity contribution in [2.24, 2.45) is 0 Å². The summed E-state index contributed by atoms with van der Waals surface area (Å²) in [6.07, 6.45) is 1.64. The average Bonchev–Trinajstić information content (AvgIpc) is 2.84. The van der Waals surface area contributed by atoms with Gasteiger partial charge in [-0.2, -0.15) is 5.10 Å². The van der Waals surface area contributed by atoms with Crippen LogP contribution in [-0.2, 0) is 0 Å². The summed E-state index contributed by atoms with van der Waals surface area (Å²) in [6.45, 7) is 3.97. The maximum atomic E-state index is 12.2. The van der Waals surface area contributed by atoms with Gasteiger partial charge in [0.1, 0.15) is 11.4 Å². The van der Waals surface area contributed by atoms with Crippen molar-refractivity contribution in [1.82, 2.24) is 14.8 Å². The highest BCUT2D eigenvalue weighted by molar-refractivity contribution is 9.10. The normalized spacial score (nSPS) is 11.0. The van der Waals surface area contributed by atoms with Crippen molar-refractivity contribution < 1.29 is 4.79 Å². The van der Waals surface area contributed by atoms with Crippen LogP contribution in [0, 0.1) is 0 Å². The lowest BCUT2D eigenvalue weighted by Gasteiger charge is -2.09. The van der Waals surface area contributed by atoms with Gasteiger partial charge in [-0.15, -0.1) is 11.3 Å². The second kappa shape index (κ2) is 4.47. The molecule has 84 valence electrons. The first-order valence-electron chi connectivity index (χ1n) is 4.77. The maximum absolute atomic E-state index is 12.2. The average molecular weight is 300 g/mol. The van der Waals surface area contributed by atoms with Crippen molar-refractivity contribution in [1.29, 1.82) is 0 Å². The number of nitrogens with zero attached hydrogens (tertiary/aromatic N) is 3. The van der Waals surface area contributed by atoms with Gasteiger partial charge in [0.15, 0.2) is 0 Å². The maximum Gasteiger partial charge on any atom is 0.231 e. The highest BCUT2D eigenvalue weighted by Crippen LogP contribution is 2.22. The number of aromatic nitrogens is 3. The van der Waals surface area contributed by atoms with Crippen molar-refractivity contribution >= 4 is 33.0 Å². The fourth-order valence-corrected chi connectivity index (χ4v) is 2.38. The Morgan fingerprint density at radius 3 is 2.88 bits per heavy atom. The molecule has 4 nitrogen and oxygen atoms in total. The lowest BCUT2D eigenvalue weighted by atomic mass is 10.2. The molecule has 0 spiro atoms. The van der Waals surface area contributed by atoms with E-state index in [-0.39, 0.29) is 11.8 Å². The topological polar surface area (TPSA) is 47.8 Å². The van der Waals surface area contributed by atoms with E-state index in [1.165, 1.54) is 11.3 Å². The van der Waals surface area contributed by atoms with E-state index in [4.69, 9.17) is 0 Å². The minimum Gasteiger partial charge on any atom is -0.285 e. The molecule has 0 bridgehead atoms. The smallest absolute Gasteiger partial charge is 0.231 e. The Bertz CT molecular complexity index is 504. The quantitative estimate of drug-likeness (QED) is 0.819. The highest BCUT2D eigenvalue weighted by atomic mass is 79.9. The summed E-state index contributed by atoms with van der Waals surface area (Å²) >= 11 is 4.75. The zero-order valence-electron chi connectivity index (χ0n) is 8.85. The summed E-state index contributed by atoms with van der Waals surface area (Å²) in [7, 11) is 0. The van der Waals surface area contributed by atoms with Gasteiger partial charge in [0.05, 0.1) is 16.2 Å². The third-order valence-electron chi connectivity index (χ3n) is 2.12. The summed E-state index contributed by atoms with van der Waals surface area (Å²) in [6, 6.07) is 0.142. The number of carbonyl (C=O) groups excluding carboxylic acids is 1. The van der Waals surface area contributed by atoms with E-state index < -0.39 is 0 Å². The Kier molecular flexibility index (Phi) is 3.20. The minimum atomic E-state index is -0.0978. The third kappa shape index (κ3) is 1.94. The zero-order chi connectivity index (χ0) is 11.7. The predicted molar refractivity (Wildman–Crippen MR) is 65.9 cm³/mol. The first-order chi connectivity index (χ1) is 7.61. The largest absolute Gasteiger partial charge is 0.285 e. The molecule has 2 aromatic rings. The summed E-state index contributed by atoms with van der Waals surface area (Å²) in [5.41, 5.74) is 2.67. The standard InChI is InChI=1S/C10H10BrN3OS/c1-6(2)14-9(7(11)3-13-14)10(15)8-4-16-5-12-8/h3-6H,1-2H3. The van der Waals surface area contributed by atoms with Gasteiger partial charge < -0.3 is 0 Å². The van der Waals surface area contributed by atoms with Crippen molar-refractivity contribution in [3.8, 4) is 0 Å². The number of ketones is 1. The molecule has 0 fully saturated rings. The van der Waals surface area contributed by atoms with Crippen LogP contribution in [-0.4, -0.2) is 20.5 Å². The molecule has 0 saturated carbocycles. The Morgan fingerprint density at radius 2 is 2.31 bits per heavy atom. The van der Waals surface area contributed by atoms with Gasteiger partial charge in [-0.1, -0.05) is 0 Å². The lowest BCUT2D eigenvalue weighted by molar-refractivity contribution is 0.102. The molecule has 2 heterocycles. The molecule has 0 aromatic carbocycles. The molecule has 16 heavy (non-hydrogen) atoms. The molecule has 0 atom stereocenters. The fraction of sp³-hybridized carbons (Fsp3) is 0.300. The molecule has 0 saturated heterocycles. The van der Waals surface area contributed by atoms with E-state index in [2.05, 4.69) is 26.0 Å². The van der Waals surface area contributed by atoms with Gasteiger partial charge in [0, 0.05) is 11.4 Å². The Labute approximate surface area is 105 Å². The Hall–Kier alpha value is -1.01. The van der Waals surface area contributed by atoms with Crippen LogP contribution >= 0.6 is 27.3 Å². The number of carbonyl (C=O) groups is 1. The van der Waals surface area contributed by atoms with Gasteiger partial charge in [-0.3, -0.25) is 9.48 Å². The van der Waals surface area contributed by atoms with Crippen molar-refractivity contribution in [2.75, 3.05) is 0 Å². The molecule has 6 heteroatoms. The number of hydrogen-bond acceptors (Lipinski definition) is 4. The number of halogens is 1. The Balaban J connectivity index is 2.48. The van der Waals surface area contributed by atoms with Crippen LogP contribution in [0.1, 0.15) is 36.1 Å². The molecule has 0 aliphatic carbocycles. The molecular weight excluding hydrogens is 290 g/mol. The third-order valence-corrected chi connectivity index (χ3v) is 3.29. The van der Waals surface area contributed by atoms with Gasteiger partial charge in [0.2, 0.25) is 5.78 Å². The van der Waals surface area contributed by atoms with Gasteiger partial charge >= 0.3 is 0 Å². The first kappa shape index (κ1) is 11.5. The van der Waals surface area contributed by atoms with Gasteiger partial charge in [-0.05, 0) is 29.8 Å². The lowest BCUT2D eigenvalue weighted by Crippen LogP contribution is -2.14. The van der Waals surface area contributed by atoms with E-state index in [0.29, 0.717) is 15.9 Å². The molecular formula is C10H10BrN3OS. The summed E-state index contributed by atoms with van der Waals surface area (Å²) in [5.74, 6) is -0.0978. The van der Waals surface area contributed by atoms with Crippen LogP contribution < -0.4 is 0 Å². The van der Waals surface area contributed by atoms with Crippen LogP contribution in [0.2, 0.25) is 0 Å². The number of rotatable bonds is 3. The molecule has 0 aliphatic rings. The second-order valence-corrected chi connectivity index (χ2v) is 5.16. The van der Waals surface area contributed by atoms with Crippen molar-refractivity contribution in [3.05, 3.63) is 32.9 Å². The van der Waals surface area contributed by atoms with Gasteiger partial charge in [-0.25, -0.2) is 4.98 Å². The molecule has 0 aliphatic heterocycles. The highest BCUT2D eigenvalue weighted by Gasteiger charge is 2.21. The van der Waals surface area contributed by atoms with E-state index in [9.17, 15) is 4.79 Å². The van der Waals surface area contributed by atoms with Crippen LogP contribution in [0.15, 0.2) is 21.6 Å². The molecule has 0 N–H and O–H groups in total. The molecule has 2 rings (SSSR count). The zero-order valence-corrected chi connectivity index (χ0v) is 11.2. The molecule has 0 unspecified atom stereocenters. The van der Waals surface area contributed by atoms with Crippen LogP contribution in [0.3, 0.4) is 0 Å². The fourth-order valence-electron chi connectivity index (χ4n) is 1.39. The van der Waals surface area contributed by atoms with Crippen LogP contribution in [0.5, 0.6) is 0 Å². The summed E-state index contributed by atoms with van der Waals surface area (Å²) in [4.78, 5) is 16.2. The van der Waals surface area contributed by atoms with E-state index in [1.54, 1.807) is 21.8 Å². The second-order valence-electron chi connectivity index (χ2n) is 3.58. The van der Waals surface area contributed by atoms with Crippen LogP contribution in [0.4, 0.5) is 0 Å². The summed E-state index contributed by atoms with van der Waals surface area (Å²) < 4.78 is 2.41. The van der Waals surface area contributed by atoms with Crippen molar-refractivity contribution in [2.45, 2.75) is 19.9 Å². The van der Waals surface area contributed by atoms with E-state index >= 15 is 0 Å². The van der Waals surface area contributed by atoms with E-state index in [0.717, 1.165) is 0 Å². The van der Waals surface area contributed by atoms with Gasteiger partial charge in [0.25, 0.3) is 0 Å². The molecule has 0 radical (unpaired) electrons. The first-order valence-corrected chi connectivity index (χ1v) is 6.50. The molecule has 0 amide bonds. The number of hydrogen-bond donors (Lipinski definition) is 0. The SMILES string of the molecule is CC(C)n1ncc(Br)c1C(=O)c1cscn1. The van der Waals surface area contributed by atoms with E-state index in [1.807, 2.05) is 13.8 Å². The minimum absolute atomic E-state index is 0.0978. The molecule has 2 aromatic heterocycles. The Morgan fingerprint density at radius 1 is 1.56 bits per heavy atom. The number of thiazole rings is 1. The monoisotopic (exact) mass is 299 g/mol.